The van der Waals surface area contributed by atoms with E-state index in [2.05, 4.69) is 0 Å². The van der Waals surface area contributed by atoms with Crippen molar-refractivity contribution in [1.82, 2.24) is 0 Å². The summed E-state index contributed by atoms with van der Waals surface area (Å²) < 4.78 is 78.4. The van der Waals surface area contributed by atoms with Crippen molar-refractivity contribution in [2.24, 2.45) is 0 Å². The van der Waals surface area contributed by atoms with E-state index >= 15 is 0 Å². The van der Waals surface area contributed by atoms with E-state index in [0.717, 1.165) is 25.3 Å². The van der Waals surface area contributed by atoms with Crippen molar-refractivity contribution in [2.75, 3.05) is 0 Å². The fourth-order valence-electron chi connectivity index (χ4n) is 2.38. The van der Waals surface area contributed by atoms with Crippen molar-refractivity contribution >= 4 is 20.6 Å². The topological polar surface area (TPSA) is 69.2 Å². The van der Waals surface area contributed by atoms with E-state index in [4.69, 9.17) is 12.6 Å². The average molecular weight is 403 g/mol. The normalized spacial score (nSPS) is 16.5. The van der Waals surface area contributed by atoms with Crippen LogP contribution in [0.5, 0.6) is 0 Å². The van der Waals surface area contributed by atoms with Gasteiger partial charge in [-0.15, -0.1) is 13.2 Å². The summed E-state index contributed by atoms with van der Waals surface area (Å²) in [6.45, 7) is 0. The Morgan fingerprint density at radius 3 is 2.14 bits per heavy atom. The molecule has 1 aromatic carbocycles. The molecule has 3 rings (SSSR count). The number of rotatable bonds is 1. The second kappa shape index (κ2) is 6.79. The fraction of sp³-hybridized carbons (Fsp3) is 0.385. The van der Waals surface area contributed by atoms with Gasteiger partial charge < -0.3 is 12.6 Å². The molecule has 0 saturated heterocycles. The Balaban J connectivity index is 0.000000396. The molecule has 1 saturated carbocycles. The quantitative estimate of drug-likeness (QED) is 0.540. The smallest absolute Gasteiger partial charge is 0.405 e. The first-order valence-electron chi connectivity index (χ1n) is 6.25. The predicted molar refractivity (Wildman–Crippen MR) is 64.3 cm³/mol. The van der Waals surface area contributed by atoms with Gasteiger partial charge in [-0.25, -0.2) is 4.39 Å². The summed E-state index contributed by atoms with van der Waals surface area (Å²) in [6.07, 6.45) is 2.63. The highest BCUT2D eigenvalue weighted by Crippen LogP contribution is 2.56. The van der Waals surface area contributed by atoms with Crippen LogP contribution >= 0.6 is 10.5 Å². The number of fused-ring (bicyclic) bond motifs is 1. The molecule has 1 fully saturated rings. The van der Waals surface area contributed by atoms with Crippen LogP contribution < -0.4 is 12.6 Å². The maximum absolute atomic E-state index is 13.2. The molecule has 0 radical (unpaired) electrons. The van der Waals surface area contributed by atoms with Crippen LogP contribution in [0.1, 0.15) is 30.1 Å². The summed E-state index contributed by atoms with van der Waals surface area (Å²) in [4.78, 5) is 0.453. The van der Waals surface area contributed by atoms with Crippen LogP contribution in [0, 0.1) is 20.6 Å². The van der Waals surface area contributed by atoms with Gasteiger partial charge in [0.2, 0.25) is 14.8 Å². The highest BCUT2D eigenvalue weighted by molar-refractivity contribution is 7.38. The molecule has 1 aromatic heterocycles. The van der Waals surface area contributed by atoms with Crippen molar-refractivity contribution in [3.8, 4) is 0 Å². The van der Waals surface area contributed by atoms with E-state index in [-0.39, 0.29) is 10.6 Å². The molecule has 1 unspecified atom stereocenters. The van der Waals surface area contributed by atoms with Gasteiger partial charge in [-0.1, -0.05) is 6.42 Å². The van der Waals surface area contributed by atoms with Crippen LogP contribution in [0.4, 0.5) is 17.6 Å². The zero-order chi connectivity index (χ0) is 16.5. The molecule has 9 heteroatoms. The summed E-state index contributed by atoms with van der Waals surface area (Å²) in [5.41, 5.74) is -4.31. The first-order valence-corrected chi connectivity index (χ1v) is 9.42. The van der Waals surface area contributed by atoms with E-state index in [9.17, 15) is 17.6 Å². The number of hydrogen-bond donors (Lipinski definition) is 0. The van der Waals surface area contributed by atoms with E-state index in [1.54, 1.807) is 6.07 Å². The summed E-state index contributed by atoms with van der Waals surface area (Å²) in [6, 6.07) is 5.32. The van der Waals surface area contributed by atoms with E-state index in [1.807, 2.05) is 0 Å². The van der Waals surface area contributed by atoms with Gasteiger partial charge in [0, 0.05) is 23.4 Å². The van der Waals surface area contributed by atoms with E-state index in [1.165, 1.54) is 12.1 Å². The molecule has 1 atom stereocenters. The van der Waals surface area contributed by atoms with Crippen LogP contribution in [-0.2, 0) is 5.51 Å². The Bertz CT molecular complexity index is 650. The molecule has 3 nitrogen and oxygen atoms in total. The zero-order valence-electron chi connectivity index (χ0n) is 11.0. The van der Waals surface area contributed by atoms with E-state index in [0.29, 0.717) is 10.3 Å². The lowest BCUT2D eigenvalue weighted by atomic mass is 9.84. The van der Waals surface area contributed by atoms with Crippen molar-refractivity contribution in [2.45, 2.75) is 30.7 Å². The van der Waals surface area contributed by atoms with Gasteiger partial charge in [-0.05, 0) is 25.0 Å². The van der Waals surface area contributed by atoms with Gasteiger partial charge in [-0.2, -0.15) is 0 Å². The number of benzene rings is 1. The van der Waals surface area contributed by atoms with Gasteiger partial charge >= 0.3 is 5.51 Å². The molecular weight excluding hydrogens is 392 g/mol. The number of alkyl halides is 3. The standard InChI is InChI=1S/C13H11F4S.BrO3/c14-10-5-4-9-6-11(8-2-1-3-8)18(12(9)7-10)13(15,16)17;2-1(3)4/h4-8H,1-3H2;/q+1;-1. The predicted octanol–water partition coefficient (Wildman–Crippen LogP) is 1.90. The van der Waals surface area contributed by atoms with Gasteiger partial charge in [-0.3, -0.25) is 0 Å². The molecule has 1 aliphatic rings. The number of hydrogen-bond acceptors (Lipinski definition) is 3. The third-order valence-electron chi connectivity index (χ3n) is 3.47. The Morgan fingerprint density at radius 2 is 1.68 bits per heavy atom. The van der Waals surface area contributed by atoms with Crippen LogP contribution in [0.25, 0.3) is 10.1 Å². The number of thiophene rings is 1. The summed E-state index contributed by atoms with van der Waals surface area (Å²) >= 11 is -3.65. The monoisotopic (exact) mass is 402 g/mol. The maximum atomic E-state index is 13.2. The summed E-state index contributed by atoms with van der Waals surface area (Å²) in [5.74, 6) is -0.566. The fourth-order valence-corrected chi connectivity index (χ4v) is 4.56. The minimum atomic E-state index is -4.31. The summed E-state index contributed by atoms with van der Waals surface area (Å²) in [7, 11) is -1.93. The largest absolute Gasteiger partial charge is 0.600 e. The first kappa shape index (κ1) is 17.6. The van der Waals surface area contributed by atoms with Crippen molar-refractivity contribution < 1.29 is 45.0 Å². The lowest BCUT2D eigenvalue weighted by molar-refractivity contribution is -1.73. The van der Waals surface area contributed by atoms with Crippen LogP contribution in [0.15, 0.2) is 24.3 Å². The Kier molecular flexibility index (Phi) is 5.44. The Hall–Kier alpha value is -0.740. The SMILES string of the molecule is Fc1ccc2cc(C3CCC3)[s+](C(F)(F)F)c2c1.[O-][Br+2]([O-])[O-]. The van der Waals surface area contributed by atoms with Crippen LogP contribution in [0.3, 0.4) is 0 Å². The molecule has 0 amide bonds. The molecule has 2 aromatic rings. The highest BCUT2D eigenvalue weighted by atomic mass is 80.0. The van der Waals surface area contributed by atoms with Gasteiger partial charge in [0.05, 0.1) is 10.5 Å². The lowest BCUT2D eigenvalue weighted by Gasteiger charge is -2.21. The maximum Gasteiger partial charge on any atom is 0.600 e. The summed E-state index contributed by atoms with van der Waals surface area (Å²) in [5, 5.41) is 0.527. The molecule has 0 spiro atoms. The zero-order valence-corrected chi connectivity index (χ0v) is 13.4. The molecule has 22 heavy (non-hydrogen) atoms. The second-order valence-corrected chi connectivity index (χ2v) is 7.58. The minimum absolute atomic E-state index is 0.0328. The van der Waals surface area contributed by atoms with Gasteiger partial charge in [0.25, 0.3) is 0 Å². The van der Waals surface area contributed by atoms with E-state index < -0.39 is 36.6 Å². The number of halogens is 5. The highest BCUT2D eigenvalue weighted by Gasteiger charge is 2.50. The average Bonchev–Trinajstić information content (AvgIpc) is 2.63. The first-order chi connectivity index (χ1) is 10.2. The molecule has 0 bridgehead atoms. The van der Waals surface area contributed by atoms with Crippen molar-refractivity contribution in [3.63, 3.8) is 0 Å². The molecule has 1 heterocycles. The third kappa shape index (κ3) is 3.96. The second-order valence-electron chi connectivity index (χ2n) is 4.80. The Morgan fingerprint density at radius 1 is 1.09 bits per heavy atom. The minimum Gasteiger partial charge on any atom is -0.405 e. The van der Waals surface area contributed by atoms with Crippen molar-refractivity contribution in [3.05, 3.63) is 35.0 Å². The van der Waals surface area contributed by atoms with Gasteiger partial charge in [0.15, 0.2) is 9.58 Å². The Labute approximate surface area is 131 Å². The van der Waals surface area contributed by atoms with Gasteiger partial charge in [0.1, 0.15) is 5.82 Å². The molecule has 122 valence electrons. The molecule has 0 aliphatic heterocycles. The molecule has 0 N–H and O–H groups in total. The van der Waals surface area contributed by atoms with Crippen LogP contribution in [0.2, 0.25) is 0 Å². The molecule has 1 aliphatic carbocycles. The lowest BCUT2D eigenvalue weighted by Crippen LogP contribution is -2.42. The molecular formula is C13H11BrF4O3S. The third-order valence-corrected chi connectivity index (χ3v) is 5.65. The van der Waals surface area contributed by atoms with Crippen molar-refractivity contribution in [1.29, 1.82) is 0 Å². The van der Waals surface area contributed by atoms with Crippen LogP contribution in [-0.4, -0.2) is 0 Å².